The first-order valence-corrected chi connectivity index (χ1v) is 12.2. The Morgan fingerprint density at radius 3 is 1.62 bits per heavy atom. The molecule has 0 amide bonds. The van der Waals surface area contributed by atoms with E-state index in [9.17, 15) is 0 Å². The first kappa shape index (κ1) is 15.0. The standard InChI is InChI=1S/2C9H7NO.CH3.Ga/c2*11-8-5-1-3-7-4-2-6-10-9(7)8;;/h2*1-6,11H;1H3;/q;;;+2/p-2. The van der Waals surface area contributed by atoms with Gasteiger partial charge in [0.25, 0.3) is 0 Å². The molecular formula is C19H15GaN2O2. The van der Waals surface area contributed by atoms with E-state index in [0.29, 0.717) is 0 Å². The van der Waals surface area contributed by atoms with E-state index in [1.807, 2.05) is 60.7 Å². The summed E-state index contributed by atoms with van der Waals surface area (Å²) in [6.45, 7) is 0. The van der Waals surface area contributed by atoms with Crippen molar-refractivity contribution in [2.24, 2.45) is 0 Å². The van der Waals surface area contributed by atoms with Crippen molar-refractivity contribution in [2.75, 3.05) is 0 Å². The average Bonchev–Trinajstić information content (AvgIpc) is 2.62. The van der Waals surface area contributed by atoms with E-state index in [1.54, 1.807) is 12.4 Å². The quantitative estimate of drug-likeness (QED) is 0.499. The number of nitrogens with zero attached hydrogens (tertiary/aromatic N) is 2. The zero-order valence-corrected chi connectivity index (χ0v) is 15.6. The van der Waals surface area contributed by atoms with Crippen LogP contribution in [0.3, 0.4) is 0 Å². The van der Waals surface area contributed by atoms with Crippen molar-refractivity contribution in [3.63, 3.8) is 0 Å². The Morgan fingerprint density at radius 2 is 1.12 bits per heavy atom. The van der Waals surface area contributed by atoms with Gasteiger partial charge in [0.15, 0.2) is 0 Å². The molecule has 0 aliphatic carbocycles. The van der Waals surface area contributed by atoms with Crippen molar-refractivity contribution >= 4 is 38.8 Å². The van der Waals surface area contributed by atoms with E-state index in [2.05, 4.69) is 15.4 Å². The molecule has 0 bridgehead atoms. The number of hydrogen-bond donors (Lipinski definition) is 0. The minimum atomic E-state index is -2.47. The fourth-order valence-electron chi connectivity index (χ4n) is 2.72. The van der Waals surface area contributed by atoms with Crippen LogP contribution < -0.4 is 7.06 Å². The van der Waals surface area contributed by atoms with Gasteiger partial charge < -0.3 is 0 Å². The summed E-state index contributed by atoms with van der Waals surface area (Å²) in [7, 11) is 0. The van der Waals surface area contributed by atoms with Gasteiger partial charge in [-0.1, -0.05) is 0 Å². The number of rotatable bonds is 4. The molecule has 0 fully saturated rings. The molecule has 5 heteroatoms. The fourth-order valence-corrected chi connectivity index (χ4v) is 5.12. The number of benzene rings is 2. The van der Waals surface area contributed by atoms with Crippen LogP contribution in [0.25, 0.3) is 21.8 Å². The summed E-state index contributed by atoms with van der Waals surface area (Å²) in [6, 6.07) is 19.8. The molecule has 0 atom stereocenters. The van der Waals surface area contributed by atoms with Crippen LogP contribution in [0.15, 0.2) is 73.1 Å². The zero-order chi connectivity index (χ0) is 16.4. The van der Waals surface area contributed by atoms with E-state index in [-0.39, 0.29) is 0 Å². The van der Waals surface area contributed by atoms with E-state index in [4.69, 9.17) is 7.06 Å². The van der Waals surface area contributed by atoms with Crippen molar-refractivity contribution in [1.29, 1.82) is 0 Å². The van der Waals surface area contributed by atoms with Crippen molar-refractivity contribution in [3.8, 4) is 11.5 Å². The van der Waals surface area contributed by atoms with Gasteiger partial charge in [-0.05, 0) is 0 Å². The molecule has 2 aromatic carbocycles. The van der Waals surface area contributed by atoms with Gasteiger partial charge in [0.2, 0.25) is 0 Å². The number of hydrogen-bond acceptors (Lipinski definition) is 4. The fraction of sp³-hybridized carbons (Fsp3) is 0.0526. The Bertz CT molecular complexity index is 915. The molecule has 0 aliphatic rings. The zero-order valence-electron chi connectivity index (χ0n) is 13.2. The molecule has 116 valence electrons. The molecule has 4 nitrogen and oxygen atoms in total. The van der Waals surface area contributed by atoms with Gasteiger partial charge in [-0.3, -0.25) is 0 Å². The number of fused-ring (bicyclic) bond motifs is 2. The van der Waals surface area contributed by atoms with Gasteiger partial charge >= 0.3 is 146 Å². The number of pyridine rings is 2. The second-order valence-corrected chi connectivity index (χ2v) is 8.84. The average molecular weight is 373 g/mol. The summed E-state index contributed by atoms with van der Waals surface area (Å²) in [5.41, 5.74) is 3.80. The number of aromatic nitrogens is 2. The van der Waals surface area contributed by atoms with E-state index in [1.165, 1.54) is 0 Å². The van der Waals surface area contributed by atoms with E-state index >= 15 is 0 Å². The van der Waals surface area contributed by atoms with Crippen LogP contribution in [0.2, 0.25) is 5.48 Å². The summed E-state index contributed by atoms with van der Waals surface area (Å²) >= 11 is -2.47. The normalized spacial score (nSPS) is 10.7. The van der Waals surface area contributed by atoms with E-state index in [0.717, 1.165) is 33.3 Å². The molecule has 0 N–H and O–H groups in total. The molecular weight excluding hydrogens is 358 g/mol. The summed E-state index contributed by atoms with van der Waals surface area (Å²) in [4.78, 5) is 8.86. The van der Waals surface area contributed by atoms with Crippen molar-refractivity contribution in [1.82, 2.24) is 9.97 Å². The summed E-state index contributed by atoms with van der Waals surface area (Å²) in [6.07, 6.45) is 3.56. The molecule has 4 rings (SSSR count). The van der Waals surface area contributed by atoms with Crippen LogP contribution in [-0.2, 0) is 0 Å². The van der Waals surface area contributed by atoms with Gasteiger partial charge in [-0.15, -0.1) is 0 Å². The predicted molar refractivity (Wildman–Crippen MR) is 96.4 cm³/mol. The molecule has 0 aliphatic heterocycles. The van der Waals surface area contributed by atoms with Gasteiger partial charge in [-0.2, -0.15) is 0 Å². The van der Waals surface area contributed by atoms with Crippen LogP contribution in [-0.4, -0.2) is 26.9 Å². The van der Waals surface area contributed by atoms with Crippen molar-refractivity contribution in [2.45, 2.75) is 5.48 Å². The van der Waals surface area contributed by atoms with Crippen molar-refractivity contribution < 1.29 is 7.06 Å². The maximum absolute atomic E-state index is 6.16. The minimum absolute atomic E-state index is 0.786. The first-order chi connectivity index (χ1) is 11.8. The van der Waals surface area contributed by atoms with Gasteiger partial charge in [0.1, 0.15) is 0 Å². The maximum atomic E-state index is 6.16. The second kappa shape index (κ2) is 6.55. The number of para-hydroxylation sites is 2. The van der Waals surface area contributed by atoms with E-state index < -0.39 is 16.9 Å². The third-order valence-electron chi connectivity index (χ3n) is 3.78. The van der Waals surface area contributed by atoms with Crippen molar-refractivity contribution in [3.05, 3.63) is 73.1 Å². The molecule has 0 saturated carbocycles. The topological polar surface area (TPSA) is 44.2 Å². The third-order valence-corrected chi connectivity index (χ3v) is 6.24. The second-order valence-electron chi connectivity index (χ2n) is 5.47. The molecule has 0 radical (unpaired) electrons. The third kappa shape index (κ3) is 2.96. The van der Waals surface area contributed by atoms with Gasteiger partial charge in [0.05, 0.1) is 0 Å². The predicted octanol–water partition coefficient (Wildman–Crippen LogP) is 4.36. The van der Waals surface area contributed by atoms with Gasteiger partial charge in [-0.25, -0.2) is 0 Å². The van der Waals surface area contributed by atoms with Crippen LogP contribution in [0, 0.1) is 0 Å². The molecule has 0 saturated heterocycles. The molecule has 4 aromatic rings. The van der Waals surface area contributed by atoms with Crippen LogP contribution >= 0.6 is 0 Å². The molecule has 2 aromatic heterocycles. The molecule has 0 unspecified atom stereocenters. The molecule has 0 spiro atoms. The summed E-state index contributed by atoms with van der Waals surface area (Å²) in [5, 5.41) is 2.13. The molecule has 24 heavy (non-hydrogen) atoms. The summed E-state index contributed by atoms with van der Waals surface area (Å²) < 4.78 is 12.3. The summed E-state index contributed by atoms with van der Waals surface area (Å²) in [5.74, 6) is 1.57. The van der Waals surface area contributed by atoms with Crippen LogP contribution in [0.4, 0.5) is 0 Å². The Labute approximate surface area is 145 Å². The SMILES string of the molecule is [CH3][Ga]([O]c1cccc2cccnc12)[O]c1cccc2cccnc12. The first-order valence-electron chi connectivity index (χ1n) is 7.82. The van der Waals surface area contributed by atoms with Crippen LogP contribution in [0.5, 0.6) is 11.5 Å². The van der Waals surface area contributed by atoms with Gasteiger partial charge in [0, 0.05) is 0 Å². The Kier molecular flexibility index (Phi) is 4.11. The monoisotopic (exact) mass is 372 g/mol. The Hall–Kier alpha value is -2.50. The van der Waals surface area contributed by atoms with Crippen LogP contribution in [0.1, 0.15) is 0 Å². The Morgan fingerprint density at radius 1 is 0.667 bits per heavy atom. The molecule has 2 heterocycles. The Balaban J connectivity index is 1.61.